The van der Waals surface area contributed by atoms with Crippen LogP contribution in [0.4, 0.5) is 0 Å². The van der Waals surface area contributed by atoms with Crippen LogP contribution in [0, 0.1) is 0 Å². The van der Waals surface area contributed by atoms with Crippen LogP contribution in [0.25, 0.3) is 0 Å². The number of nitrogens with two attached hydrogens (primary N) is 1. The van der Waals surface area contributed by atoms with Crippen LogP contribution in [-0.4, -0.2) is 18.9 Å². The molecule has 0 aromatic heterocycles. The number of hydrogen-bond donors (Lipinski definition) is 2. The lowest BCUT2D eigenvalue weighted by Crippen LogP contribution is -2.41. The number of nitrogens with zero attached hydrogens (tertiary/aromatic N) is 1. The molecule has 1 aromatic rings. The van der Waals surface area contributed by atoms with Crippen LogP contribution >= 0.6 is 25.0 Å². The summed E-state index contributed by atoms with van der Waals surface area (Å²) in [5.41, 5.74) is 7.20. The Morgan fingerprint density at radius 2 is 2.39 bits per heavy atom. The second-order valence-corrected chi connectivity index (χ2v) is 6.40. The van der Waals surface area contributed by atoms with Gasteiger partial charge in [0.2, 0.25) is 0 Å². The molecule has 18 heavy (non-hydrogen) atoms. The van der Waals surface area contributed by atoms with Gasteiger partial charge in [-0.2, -0.15) is 0 Å². The molecule has 0 aliphatic carbocycles. The van der Waals surface area contributed by atoms with Crippen molar-refractivity contribution in [1.82, 2.24) is 5.32 Å². The number of amidine groups is 1. The Morgan fingerprint density at radius 1 is 1.56 bits per heavy atom. The zero-order valence-electron chi connectivity index (χ0n) is 10.4. The van der Waals surface area contributed by atoms with Crippen LogP contribution in [0.3, 0.4) is 0 Å². The minimum atomic E-state index is -0.387. The van der Waals surface area contributed by atoms with Gasteiger partial charge in [0.15, 0.2) is 0 Å². The third-order valence-electron chi connectivity index (χ3n) is 3.08. The fraction of sp³-hybridized carbons (Fsp3) is 0.462. The van der Waals surface area contributed by atoms with Crippen LogP contribution in [0.2, 0.25) is 0 Å². The molecule has 0 saturated heterocycles. The van der Waals surface area contributed by atoms with Gasteiger partial charge in [0.25, 0.3) is 0 Å². The maximum absolute atomic E-state index is 6.45. The summed E-state index contributed by atoms with van der Waals surface area (Å²) < 4.78 is 0. The molecule has 1 atom stereocenters. The number of hydrogen-bond acceptors (Lipinski definition) is 4. The average molecular weight is 328 g/mol. The van der Waals surface area contributed by atoms with Crippen molar-refractivity contribution in [2.45, 2.75) is 30.2 Å². The molecule has 0 radical (unpaired) electrons. The first-order chi connectivity index (χ1) is 8.62. The summed E-state index contributed by atoms with van der Waals surface area (Å²) in [5, 5.41) is 3.33. The fourth-order valence-corrected chi connectivity index (χ4v) is 2.95. The number of nitrogens with one attached hydrogen (secondary N) is 1. The highest BCUT2D eigenvalue weighted by molar-refractivity contribution is 9.50. The predicted molar refractivity (Wildman–Crippen MR) is 82.3 cm³/mol. The maximum atomic E-state index is 6.45. The van der Waals surface area contributed by atoms with E-state index in [0.717, 1.165) is 37.3 Å². The summed E-state index contributed by atoms with van der Waals surface area (Å²) in [6, 6.07) is 8.31. The Hall–Kier alpha value is -0.520. The summed E-state index contributed by atoms with van der Waals surface area (Å²) in [7, 11) is 1.56. The number of halogens is 1. The van der Waals surface area contributed by atoms with Crippen LogP contribution in [-0.2, 0) is 5.54 Å². The maximum Gasteiger partial charge on any atom is 0.0984 e. The SMILES string of the molecule is C[C@](N)(CC1=NCCCN1)c1cccc(SBr)c1. The van der Waals surface area contributed by atoms with Gasteiger partial charge in [0, 0.05) is 29.9 Å². The van der Waals surface area contributed by atoms with E-state index in [-0.39, 0.29) is 5.54 Å². The van der Waals surface area contributed by atoms with Crippen LogP contribution in [0.15, 0.2) is 34.2 Å². The lowest BCUT2D eigenvalue weighted by molar-refractivity contribution is 0.503. The van der Waals surface area contributed by atoms with Crippen molar-refractivity contribution in [2.75, 3.05) is 13.1 Å². The van der Waals surface area contributed by atoms with Crippen molar-refractivity contribution in [3.63, 3.8) is 0 Å². The molecule has 0 unspecified atom stereocenters. The molecule has 1 aliphatic rings. The molecule has 98 valence electrons. The summed E-state index contributed by atoms with van der Waals surface area (Å²) >= 11 is 3.40. The van der Waals surface area contributed by atoms with E-state index < -0.39 is 0 Å². The topological polar surface area (TPSA) is 50.4 Å². The average Bonchev–Trinajstić information content (AvgIpc) is 2.39. The van der Waals surface area contributed by atoms with Gasteiger partial charge in [-0.1, -0.05) is 12.1 Å². The van der Waals surface area contributed by atoms with E-state index in [2.05, 4.69) is 50.2 Å². The van der Waals surface area contributed by atoms with Crippen LogP contribution < -0.4 is 11.1 Å². The largest absolute Gasteiger partial charge is 0.374 e. The molecule has 3 N–H and O–H groups in total. The van der Waals surface area contributed by atoms with Gasteiger partial charge in [-0.25, -0.2) is 0 Å². The fourth-order valence-electron chi connectivity index (χ4n) is 2.05. The number of aliphatic imine (C=N–C) groups is 1. The van der Waals surface area contributed by atoms with Crippen molar-refractivity contribution in [3.05, 3.63) is 29.8 Å². The Balaban J connectivity index is 2.15. The normalized spacial score (nSPS) is 18.7. The summed E-state index contributed by atoms with van der Waals surface area (Å²) in [6.07, 6.45) is 1.86. The van der Waals surface area contributed by atoms with Crippen molar-refractivity contribution in [3.8, 4) is 0 Å². The molecular formula is C13H18BrN3S. The molecule has 3 nitrogen and oxygen atoms in total. The van der Waals surface area contributed by atoms with E-state index in [1.165, 1.54) is 4.90 Å². The Kier molecular flexibility index (Phi) is 4.70. The smallest absolute Gasteiger partial charge is 0.0984 e. The molecule has 0 saturated carbocycles. The molecule has 5 heteroatoms. The molecule has 0 bridgehead atoms. The van der Waals surface area contributed by atoms with Crippen molar-refractivity contribution in [2.24, 2.45) is 10.7 Å². The molecule has 1 aromatic carbocycles. The van der Waals surface area contributed by atoms with Gasteiger partial charge in [-0.05, 0) is 56.0 Å². The highest BCUT2D eigenvalue weighted by atomic mass is 79.9. The van der Waals surface area contributed by atoms with Crippen molar-refractivity contribution in [1.29, 1.82) is 0 Å². The predicted octanol–water partition coefficient (Wildman–Crippen LogP) is 3.04. The molecule has 2 rings (SSSR count). The van der Waals surface area contributed by atoms with Crippen molar-refractivity contribution >= 4 is 30.8 Å². The van der Waals surface area contributed by atoms with Crippen LogP contribution in [0.1, 0.15) is 25.3 Å². The monoisotopic (exact) mass is 327 g/mol. The minimum Gasteiger partial charge on any atom is -0.374 e. The summed E-state index contributed by atoms with van der Waals surface area (Å²) in [6.45, 7) is 3.98. The quantitative estimate of drug-likeness (QED) is 0.893. The lowest BCUT2D eigenvalue weighted by atomic mass is 9.89. The third kappa shape index (κ3) is 3.49. The van der Waals surface area contributed by atoms with E-state index >= 15 is 0 Å². The third-order valence-corrected chi connectivity index (χ3v) is 4.64. The molecule has 1 aliphatic heterocycles. The van der Waals surface area contributed by atoms with E-state index in [4.69, 9.17) is 5.73 Å². The zero-order valence-corrected chi connectivity index (χ0v) is 12.9. The first-order valence-corrected chi connectivity index (χ1v) is 8.73. The van der Waals surface area contributed by atoms with Gasteiger partial charge in [-0.3, -0.25) is 4.99 Å². The molecular weight excluding hydrogens is 310 g/mol. The Bertz CT molecular complexity index is 446. The van der Waals surface area contributed by atoms with Gasteiger partial charge in [0.05, 0.1) is 5.84 Å². The van der Waals surface area contributed by atoms with Crippen molar-refractivity contribution < 1.29 is 0 Å². The van der Waals surface area contributed by atoms with Crippen LogP contribution in [0.5, 0.6) is 0 Å². The number of benzene rings is 1. The summed E-state index contributed by atoms with van der Waals surface area (Å²) in [5.74, 6) is 1.03. The standard InChI is InChI=1S/C13H18BrN3S/c1-13(15,9-12-16-6-3-7-17-12)10-4-2-5-11(8-10)18-14/h2,4-5,8H,3,6-7,9,15H2,1H3,(H,16,17)/t13-/m0/s1. The van der Waals surface area contributed by atoms with E-state index in [9.17, 15) is 0 Å². The Labute approximate surface area is 120 Å². The highest BCUT2D eigenvalue weighted by Gasteiger charge is 2.24. The first-order valence-electron chi connectivity index (χ1n) is 6.07. The van der Waals surface area contributed by atoms with E-state index in [1.807, 2.05) is 6.07 Å². The lowest BCUT2D eigenvalue weighted by Gasteiger charge is -2.28. The summed E-state index contributed by atoms with van der Waals surface area (Å²) in [4.78, 5) is 5.66. The van der Waals surface area contributed by atoms with E-state index in [1.54, 1.807) is 10.2 Å². The van der Waals surface area contributed by atoms with Gasteiger partial charge in [-0.15, -0.1) is 0 Å². The zero-order chi connectivity index (χ0) is 13.0. The molecule has 1 heterocycles. The minimum absolute atomic E-state index is 0.387. The second-order valence-electron chi connectivity index (χ2n) is 4.81. The first kappa shape index (κ1) is 13.9. The highest BCUT2D eigenvalue weighted by Crippen LogP contribution is 2.29. The number of rotatable bonds is 4. The Morgan fingerprint density at radius 3 is 3.06 bits per heavy atom. The van der Waals surface area contributed by atoms with E-state index in [0.29, 0.717) is 0 Å². The van der Waals surface area contributed by atoms with Gasteiger partial charge in [0.1, 0.15) is 0 Å². The van der Waals surface area contributed by atoms with Gasteiger partial charge < -0.3 is 11.1 Å². The second kappa shape index (κ2) is 6.08. The molecule has 0 fully saturated rings. The molecule has 0 spiro atoms. The van der Waals surface area contributed by atoms with Gasteiger partial charge >= 0.3 is 0 Å². The molecule has 0 amide bonds.